The number of fused-ring (bicyclic) bond motifs is 1. The van der Waals surface area contributed by atoms with Gasteiger partial charge in [-0.25, -0.2) is 15.0 Å². The number of pyridine rings is 1. The Bertz CT molecular complexity index is 1380. The quantitative estimate of drug-likeness (QED) is 0.257. The number of nitrogens with zero attached hydrogens (tertiary/aromatic N) is 3. The van der Waals surface area contributed by atoms with Crippen LogP contribution in [0.15, 0.2) is 70.7 Å². The Labute approximate surface area is 215 Å². The standard InChI is InChI=1S/C28H30N6OS/c1-17(2)23-13-12-22-26(33-23)30-16-31-27(22)34-24-15-18(28(35)32-20-5-3-4-6-20)7-14-25(24)36-21-10-8-19(29)9-11-21/h7-17,20H,3-6,29H2,1-2H3,(H,32,35)(H,30,31,33,34). The molecule has 7 nitrogen and oxygen atoms in total. The first-order valence-electron chi connectivity index (χ1n) is 12.3. The van der Waals surface area contributed by atoms with Crippen molar-refractivity contribution in [1.29, 1.82) is 0 Å². The molecule has 5 rings (SSSR count). The van der Waals surface area contributed by atoms with E-state index in [1.807, 2.05) is 54.6 Å². The van der Waals surface area contributed by atoms with Gasteiger partial charge in [-0.05, 0) is 73.4 Å². The first-order valence-corrected chi connectivity index (χ1v) is 13.1. The first-order chi connectivity index (χ1) is 17.5. The van der Waals surface area contributed by atoms with Crippen LogP contribution < -0.4 is 16.4 Å². The summed E-state index contributed by atoms with van der Waals surface area (Å²) < 4.78 is 0. The predicted octanol–water partition coefficient (Wildman–Crippen LogP) is 6.30. The second-order valence-electron chi connectivity index (χ2n) is 9.45. The van der Waals surface area contributed by atoms with Crippen molar-refractivity contribution in [2.75, 3.05) is 11.1 Å². The van der Waals surface area contributed by atoms with Crippen molar-refractivity contribution in [2.24, 2.45) is 0 Å². The number of benzene rings is 2. The minimum Gasteiger partial charge on any atom is -0.399 e. The van der Waals surface area contributed by atoms with Crippen LogP contribution in [0.2, 0.25) is 0 Å². The van der Waals surface area contributed by atoms with Crippen LogP contribution in [0.5, 0.6) is 0 Å². The number of amides is 1. The molecule has 1 amide bonds. The third-order valence-electron chi connectivity index (χ3n) is 6.40. The molecule has 0 atom stereocenters. The van der Waals surface area contributed by atoms with Crippen LogP contribution in [-0.2, 0) is 0 Å². The zero-order valence-corrected chi connectivity index (χ0v) is 21.3. The molecule has 1 aliphatic carbocycles. The molecule has 0 saturated heterocycles. The minimum absolute atomic E-state index is 0.0511. The molecule has 36 heavy (non-hydrogen) atoms. The fourth-order valence-electron chi connectivity index (χ4n) is 4.37. The van der Waals surface area contributed by atoms with Crippen molar-refractivity contribution in [3.05, 3.63) is 72.2 Å². The van der Waals surface area contributed by atoms with Gasteiger partial charge in [-0.2, -0.15) is 0 Å². The lowest BCUT2D eigenvalue weighted by Crippen LogP contribution is -2.32. The summed E-state index contributed by atoms with van der Waals surface area (Å²) in [6.07, 6.45) is 5.94. The van der Waals surface area contributed by atoms with Gasteiger partial charge >= 0.3 is 0 Å². The summed E-state index contributed by atoms with van der Waals surface area (Å²) in [7, 11) is 0. The van der Waals surface area contributed by atoms with Crippen molar-refractivity contribution in [2.45, 2.75) is 61.3 Å². The highest BCUT2D eigenvalue weighted by Crippen LogP contribution is 2.37. The molecule has 1 aliphatic rings. The van der Waals surface area contributed by atoms with Crippen molar-refractivity contribution in [3.63, 3.8) is 0 Å². The van der Waals surface area contributed by atoms with Crippen LogP contribution in [0.1, 0.15) is 61.5 Å². The van der Waals surface area contributed by atoms with E-state index in [-0.39, 0.29) is 11.9 Å². The normalized spacial score (nSPS) is 13.9. The fraction of sp³-hybridized carbons (Fsp3) is 0.286. The van der Waals surface area contributed by atoms with Gasteiger partial charge in [0.2, 0.25) is 0 Å². The zero-order chi connectivity index (χ0) is 25.1. The fourth-order valence-corrected chi connectivity index (χ4v) is 5.25. The van der Waals surface area contributed by atoms with Gasteiger partial charge in [0.05, 0.1) is 11.1 Å². The van der Waals surface area contributed by atoms with Crippen molar-refractivity contribution in [3.8, 4) is 0 Å². The molecule has 0 bridgehead atoms. The molecule has 4 aromatic rings. The van der Waals surface area contributed by atoms with Crippen LogP contribution in [0.25, 0.3) is 11.0 Å². The Hall–Kier alpha value is -3.65. The van der Waals surface area contributed by atoms with E-state index in [9.17, 15) is 4.79 Å². The second kappa shape index (κ2) is 10.5. The maximum absolute atomic E-state index is 13.0. The van der Waals surface area contributed by atoms with Crippen molar-refractivity contribution < 1.29 is 4.79 Å². The third kappa shape index (κ3) is 5.44. The number of rotatable bonds is 7. The number of carbonyl (C=O) groups is 1. The molecule has 4 N–H and O–H groups in total. The zero-order valence-electron chi connectivity index (χ0n) is 20.5. The van der Waals surface area contributed by atoms with Crippen LogP contribution in [0.3, 0.4) is 0 Å². The highest BCUT2D eigenvalue weighted by atomic mass is 32.2. The molecule has 8 heteroatoms. The number of anilines is 3. The van der Waals surface area contributed by atoms with Crippen LogP contribution >= 0.6 is 11.8 Å². The number of nitrogens with one attached hydrogen (secondary N) is 2. The highest BCUT2D eigenvalue weighted by molar-refractivity contribution is 7.99. The van der Waals surface area contributed by atoms with Gasteiger partial charge in [0.15, 0.2) is 5.65 Å². The predicted molar refractivity (Wildman–Crippen MR) is 146 cm³/mol. The van der Waals surface area contributed by atoms with E-state index in [4.69, 9.17) is 10.7 Å². The Morgan fingerprint density at radius 3 is 2.56 bits per heavy atom. The minimum atomic E-state index is -0.0511. The molecule has 2 heterocycles. The first kappa shape index (κ1) is 24.1. The van der Waals surface area contributed by atoms with E-state index in [2.05, 4.69) is 34.4 Å². The van der Waals surface area contributed by atoms with Gasteiger partial charge < -0.3 is 16.4 Å². The number of nitrogens with two attached hydrogens (primary N) is 1. The van der Waals surface area contributed by atoms with Gasteiger partial charge in [-0.1, -0.05) is 38.5 Å². The van der Waals surface area contributed by atoms with Gasteiger partial charge in [0, 0.05) is 32.8 Å². The van der Waals surface area contributed by atoms with Crippen LogP contribution in [0.4, 0.5) is 17.2 Å². The Balaban J connectivity index is 1.50. The molecule has 0 spiro atoms. The lowest BCUT2D eigenvalue weighted by Gasteiger charge is -2.16. The molecule has 1 saturated carbocycles. The van der Waals surface area contributed by atoms with Gasteiger partial charge in [0.25, 0.3) is 5.91 Å². The summed E-state index contributed by atoms with van der Waals surface area (Å²) in [4.78, 5) is 28.6. The number of carbonyl (C=O) groups excluding carboxylic acids is 1. The number of nitrogen functional groups attached to an aromatic ring is 1. The van der Waals surface area contributed by atoms with Gasteiger partial charge in [0.1, 0.15) is 12.1 Å². The molecule has 2 aromatic carbocycles. The number of hydrogen-bond acceptors (Lipinski definition) is 7. The topological polar surface area (TPSA) is 106 Å². The average molecular weight is 499 g/mol. The molecule has 2 aromatic heterocycles. The molecule has 184 valence electrons. The lowest BCUT2D eigenvalue weighted by molar-refractivity contribution is 0.0938. The van der Waals surface area contributed by atoms with E-state index in [1.165, 1.54) is 19.2 Å². The molecule has 0 aliphatic heterocycles. The van der Waals surface area contributed by atoms with Gasteiger partial charge in [-0.15, -0.1) is 0 Å². The number of hydrogen-bond donors (Lipinski definition) is 3. The van der Waals surface area contributed by atoms with Gasteiger partial charge in [-0.3, -0.25) is 4.79 Å². The van der Waals surface area contributed by atoms with Crippen LogP contribution in [0, 0.1) is 0 Å². The molecule has 0 radical (unpaired) electrons. The lowest BCUT2D eigenvalue weighted by atomic mass is 10.1. The van der Waals surface area contributed by atoms with Crippen molar-refractivity contribution in [1.82, 2.24) is 20.3 Å². The second-order valence-corrected chi connectivity index (χ2v) is 10.6. The molecular weight excluding hydrogens is 468 g/mol. The van der Waals surface area contributed by atoms with Crippen molar-refractivity contribution >= 4 is 45.9 Å². The summed E-state index contributed by atoms with van der Waals surface area (Å²) >= 11 is 1.60. The van der Waals surface area contributed by atoms with E-state index >= 15 is 0 Å². The highest BCUT2D eigenvalue weighted by Gasteiger charge is 2.19. The largest absolute Gasteiger partial charge is 0.399 e. The van der Waals surface area contributed by atoms with Crippen LogP contribution in [-0.4, -0.2) is 26.9 Å². The Morgan fingerprint density at radius 2 is 1.81 bits per heavy atom. The Kier molecular flexibility index (Phi) is 7.04. The summed E-state index contributed by atoms with van der Waals surface area (Å²) in [5.74, 6) is 0.902. The third-order valence-corrected chi connectivity index (χ3v) is 7.49. The molecule has 0 unspecified atom stereocenters. The monoisotopic (exact) mass is 498 g/mol. The summed E-state index contributed by atoms with van der Waals surface area (Å²) in [6, 6.07) is 17.8. The smallest absolute Gasteiger partial charge is 0.251 e. The summed E-state index contributed by atoms with van der Waals surface area (Å²) in [5.41, 5.74) is 9.62. The van der Waals surface area contributed by atoms with E-state index in [0.29, 0.717) is 22.9 Å². The maximum atomic E-state index is 13.0. The number of aromatic nitrogens is 3. The maximum Gasteiger partial charge on any atom is 0.251 e. The summed E-state index contributed by atoms with van der Waals surface area (Å²) in [6.45, 7) is 4.22. The Morgan fingerprint density at radius 1 is 1.03 bits per heavy atom. The molecule has 1 fully saturated rings. The summed E-state index contributed by atoms with van der Waals surface area (Å²) in [5, 5.41) is 7.48. The molecular formula is C28H30N6OS. The average Bonchev–Trinajstić information content (AvgIpc) is 3.39. The van der Waals surface area contributed by atoms with E-state index in [0.717, 1.165) is 45.1 Å². The SMILES string of the molecule is CC(C)c1ccc2c(Nc3cc(C(=O)NC4CCCC4)ccc3Sc3ccc(N)cc3)ncnc2n1. The van der Waals surface area contributed by atoms with E-state index in [1.54, 1.807) is 11.8 Å². The van der Waals surface area contributed by atoms with E-state index < -0.39 is 0 Å².